The van der Waals surface area contributed by atoms with Crippen molar-refractivity contribution in [2.45, 2.75) is 13.8 Å². The lowest BCUT2D eigenvalue weighted by atomic mass is 10.2. The van der Waals surface area contributed by atoms with Crippen LogP contribution in [0.1, 0.15) is 13.8 Å². The van der Waals surface area contributed by atoms with Crippen molar-refractivity contribution in [3.8, 4) is 0 Å². The second-order valence-electron chi connectivity index (χ2n) is 6.76. The van der Waals surface area contributed by atoms with Gasteiger partial charge in [-0.05, 0) is 24.3 Å². The molecule has 1 N–H and O–H groups in total. The van der Waals surface area contributed by atoms with E-state index in [0.29, 0.717) is 39.3 Å². The Balaban J connectivity index is 1.83. The van der Waals surface area contributed by atoms with E-state index in [2.05, 4.69) is 5.32 Å². The number of carbonyl (C=O) groups is 1. The van der Waals surface area contributed by atoms with Crippen molar-refractivity contribution >= 4 is 27.5 Å². The van der Waals surface area contributed by atoms with Crippen LogP contribution in [0, 0.1) is 0 Å². The van der Waals surface area contributed by atoms with E-state index < -0.39 is 10.2 Å². The predicted octanol–water partition coefficient (Wildman–Crippen LogP) is 0.895. The first kappa shape index (κ1) is 21.6. The van der Waals surface area contributed by atoms with Gasteiger partial charge in [-0.15, -0.1) is 0 Å². The van der Waals surface area contributed by atoms with Gasteiger partial charge in [-0.25, -0.2) is 0 Å². The summed E-state index contributed by atoms with van der Waals surface area (Å²) in [5.41, 5.74) is 1.83. The summed E-state index contributed by atoms with van der Waals surface area (Å²) in [6, 6.07) is 7.66. The lowest BCUT2D eigenvalue weighted by Crippen LogP contribution is -2.54. The number of hydrogen-bond donors (Lipinski definition) is 1. The molecule has 1 aromatic carbocycles. The maximum absolute atomic E-state index is 12.5. The van der Waals surface area contributed by atoms with Crippen molar-refractivity contribution in [2.24, 2.45) is 0 Å². The molecule has 0 aromatic heterocycles. The highest BCUT2D eigenvalue weighted by Crippen LogP contribution is 2.16. The van der Waals surface area contributed by atoms with E-state index in [0.717, 1.165) is 11.4 Å². The zero-order valence-corrected chi connectivity index (χ0v) is 17.5. The lowest BCUT2D eigenvalue weighted by molar-refractivity contribution is -0.117. The van der Waals surface area contributed by atoms with E-state index in [1.165, 1.54) is 8.61 Å². The summed E-state index contributed by atoms with van der Waals surface area (Å²) in [7, 11) is 0.531. The van der Waals surface area contributed by atoms with Gasteiger partial charge in [0.05, 0.1) is 6.54 Å². The largest absolute Gasteiger partial charge is 0.378 e. The van der Waals surface area contributed by atoms with E-state index in [9.17, 15) is 13.2 Å². The number of hydrogen-bond acceptors (Lipinski definition) is 5. The third kappa shape index (κ3) is 5.65. The first-order valence-corrected chi connectivity index (χ1v) is 10.7. The van der Waals surface area contributed by atoms with Gasteiger partial charge in [0.15, 0.2) is 0 Å². The Kier molecular flexibility index (Phi) is 7.60. The van der Waals surface area contributed by atoms with Crippen LogP contribution in [0.3, 0.4) is 0 Å². The first-order valence-electron chi connectivity index (χ1n) is 9.32. The molecule has 9 heteroatoms. The van der Waals surface area contributed by atoms with Gasteiger partial charge in [-0.2, -0.15) is 17.0 Å². The highest BCUT2D eigenvalue weighted by atomic mass is 32.2. The standard InChI is InChI=1S/C18H31N5O3S/c1-5-22(6-2)27(25,26)23-13-11-21(12-14-23)15-18(24)19-16-7-9-17(10-8-16)20(3)4/h7-10H,5-6,11-15H2,1-4H3,(H,19,24). The molecule has 0 atom stereocenters. The molecule has 0 bridgehead atoms. The van der Waals surface area contributed by atoms with Crippen LogP contribution >= 0.6 is 0 Å². The normalized spacial score (nSPS) is 16.5. The van der Waals surface area contributed by atoms with Crippen LogP contribution in [0.15, 0.2) is 24.3 Å². The summed E-state index contributed by atoms with van der Waals surface area (Å²) in [6.45, 7) is 6.78. The molecule has 1 aromatic rings. The highest BCUT2D eigenvalue weighted by molar-refractivity contribution is 7.86. The number of rotatable bonds is 8. The van der Waals surface area contributed by atoms with Gasteiger partial charge in [0.1, 0.15) is 0 Å². The maximum atomic E-state index is 12.5. The van der Waals surface area contributed by atoms with Crippen LogP contribution in [-0.4, -0.2) is 87.7 Å². The summed E-state index contributed by atoms with van der Waals surface area (Å²) in [6.07, 6.45) is 0. The van der Waals surface area contributed by atoms with Crippen molar-refractivity contribution in [1.29, 1.82) is 0 Å². The molecule has 27 heavy (non-hydrogen) atoms. The van der Waals surface area contributed by atoms with Crippen LogP contribution in [0.2, 0.25) is 0 Å². The third-order valence-electron chi connectivity index (χ3n) is 4.72. The minimum atomic E-state index is -3.40. The summed E-state index contributed by atoms with van der Waals surface area (Å²) in [5.74, 6) is -0.0901. The molecule has 0 radical (unpaired) electrons. The Bertz CT molecular complexity index is 709. The molecule has 1 aliphatic rings. The van der Waals surface area contributed by atoms with E-state index in [1.807, 2.05) is 62.0 Å². The average molecular weight is 398 g/mol. The van der Waals surface area contributed by atoms with Gasteiger partial charge >= 0.3 is 0 Å². The molecule has 8 nitrogen and oxygen atoms in total. The van der Waals surface area contributed by atoms with E-state index in [4.69, 9.17) is 0 Å². The molecule has 0 unspecified atom stereocenters. The summed E-state index contributed by atoms with van der Waals surface area (Å²) >= 11 is 0. The number of nitrogens with one attached hydrogen (secondary N) is 1. The number of nitrogens with zero attached hydrogens (tertiary/aromatic N) is 4. The van der Waals surface area contributed by atoms with Crippen molar-refractivity contribution in [3.05, 3.63) is 24.3 Å². The van der Waals surface area contributed by atoms with Gasteiger partial charge in [0, 0.05) is 64.7 Å². The van der Waals surface area contributed by atoms with Crippen LogP contribution in [-0.2, 0) is 15.0 Å². The van der Waals surface area contributed by atoms with E-state index in [-0.39, 0.29) is 12.5 Å². The molecule has 1 fully saturated rings. The Labute approximate surface area is 162 Å². The fourth-order valence-electron chi connectivity index (χ4n) is 3.08. The van der Waals surface area contributed by atoms with Crippen molar-refractivity contribution < 1.29 is 13.2 Å². The van der Waals surface area contributed by atoms with Gasteiger partial charge in [-0.3, -0.25) is 9.69 Å². The number of piperazine rings is 1. The number of carbonyl (C=O) groups excluding carboxylic acids is 1. The van der Waals surface area contributed by atoms with Gasteiger partial charge < -0.3 is 10.2 Å². The lowest BCUT2D eigenvalue weighted by Gasteiger charge is -2.35. The fraction of sp³-hybridized carbons (Fsp3) is 0.611. The smallest absolute Gasteiger partial charge is 0.282 e. The molecule has 0 saturated carbocycles. The molecule has 2 rings (SSSR count). The number of anilines is 2. The molecule has 1 amide bonds. The van der Waals surface area contributed by atoms with Gasteiger partial charge in [0.25, 0.3) is 10.2 Å². The maximum Gasteiger partial charge on any atom is 0.282 e. The quantitative estimate of drug-likeness (QED) is 0.705. The molecular weight excluding hydrogens is 366 g/mol. The fourth-order valence-corrected chi connectivity index (χ4v) is 4.68. The Morgan fingerprint density at radius 3 is 2.07 bits per heavy atom. The number of amides is 1. The zero-order valence-electron chi connectivity index (χ0n) is 16.7. The summed E-state index contributed by atoms with van der Waals surface area (Å²) in [4.78, 5) is 16.3. The molecule has 1 heterocycles. The molecule has 1 aliphatic heterocycles. The molecular formula is C18H31N5O3S. The SMILES string of the molecule is CCN(CC)S(=O)(=O)N1CCN(CC(=O)Nc2ccc(N(C)C)cc2)CC1. The number of benzene rings is 1. The Hall–Kier alpha value is -1.68. The first-order chi connectivity index (χ1) is 12.8. The minimum Gasteiger partial charge on any atom is -0.378 e. The summed E-state index contributed by atoms with van der Waals surface area (Å²) in [5, 5.41) is 2.89. The molecule has 0 spiro atoms. The molecule has 152 valence electrons. The monoisotopic (exact) mass is 397 g/mol. The van der Waals surface area contributed by atoms with Crippen molar-refractivity contribution in [3.63, 3.8) is 0 Å². The summed E-state index contributed by atoms with van der Waals surface area (Å²) < 4.78 is 28.1. The van der Waals surface area contributed by atoms with Crippen LogP contribution in [0.4, 0.5) is 11.4 Å². The van der Waals surface area contributed by atoms with Crippen molar-refractivity contribution in [2.75, 3.05) is 70.1 Å². The highest BCUT2D eigenvalue weighted by Gasteiger charge is 2.31. The van der Waals surface area contributed by atoms with Crippen LogP contribution < -0.4 is 10.2 Å². The van der Waals surface area contributed by atoms with E-state index in [1.54, 1.807) is 0 Å². The minimum absolute atomic E-state index is 0.0901. The van der Waals surface area contributed by atoms with E-state index >= 15 is 0 Å². The Morgan fingerprint density at radius 2 is 1.59 bits per heavy atom. The van der Waals surface area contributed by atoms with Crippen molar-refractivity contribution in [1.82, 2.24) is 13.5 Å². The Morgan fingerprint density at radius 1 is 1.04 bits per heavy atom. The van der Waals surface area contributed by atoms with Gasteiger partial charge in [0.2, 0.25) is 5.91 Å². The second-order valence-corrected chi connectivity index (χ2v) is 8.69. The van der Waals surface area contributed by atoms with Crippen LogP contribution in [0.5, 0.6) is 0 Å². The van der Waals surface area contributed by atoms with Gasteiger partial charge in [-0.1, -0.05) is 13.8 Å². The zero-order chi connectivity index (χ0) is 20.0. The van der Waals surface area contributed by atoms with Crippen LogP contribution in [0.25, 0.3) is 0 Å². The third-order valence-corrected chi connectivity index (χ3v) is 6.91. The topological polar surface area (TPSA) is 76.2 Å². The average Bonchev–Trinajstić information content (AvgIpc) is 2.63. The predicted molar refractivity (Wildman–Crippen MR) is 109 cm³/mol. The molecule has 1 saturated heterocycles. The second kappa shape index (κ2) is 9.50. The molecule has 0 aliphatic carbocycles.